The molecule has 42 heavy (non-hydrogen) atoms. The van der Waals surface area contributed by atoms with Crippen LogP contribution in [0.1, 0.15) is 5.56 Å². The molecule has 3 N–H and O–H groups in total. The molecule has 0 spiro atoms. The van der Waals surface area contributed by atoms with Crippen LogP contribution in [0.5, 0.6) is 5.75 Å². The molecular weight excluding hydrogens is 617 g/mol. The van der Waals surface area contributed by atoms with E-state index in [9.17, 15) is 4.57 Å². The smallest absolute Gasteiger partial charge is 0.229 e. The van der Waals surface area contributed by atoms with E-state index in [1.807, 2.05) is 12.1 Å². The van der Waals surface area contributed by atoms with Crippen LogP contribution < -0.4 is 30.9 Å². The van der Waals surface area contributed by atoms with Crippen molar-refractivity contribution in [2.24, 2.45) is 0 Å². The highest BCUT2D eigenvalue weighted by Gasteiger charge is 2.28. The first-order chi connectivity index (χ1) is 20.2. The van der Waals surface area contributed by atoms with Crippen molar-refractivity contribution in [3.8, 4) is 5.75 Å². The maximum atomic E-state index is 13.4. The maximum absolute atomic E-state index is 13.4. The van der Waals surface area contributed by atoms with Crippen LogP contribution in [0.15, 0.2) is 47.3 Å². The Hall–Kier alpha value is -3.31. The van der Waals surface area contributed by atoms with E-state index in [-0.39, 0.29) is 0 Å². The predicted octanol–water partition coefficient (Wildman–Crippen LogP) is 4.33. The number of nitrogens with zero attached hydrogens (tertiary/aromatic N) is 6. The third kappa shape index (κ3) is 5.81. The first kappa shape index (κ1) is 28.8. The minimum atomic E-state index is -2.73. The summed E-state index contributed by atoms with van der Waals surface area (Å²) in [6, 6.07) is 8.58. The Morgan fingerprint density at radius 3 is 2.48 bits per heavy atom. The minimum Gasteiger partial charge on any atom is -0.494 e. The highest BCUT2D eigenvalue weighted by Crippen LogP contribution is 2.41. The summed E-state index contributed by atoms with van der Waals surface area (Å²) in [5, 5.41) is 10.7. The summed E-state index contributed by atoms with van der Waals surface area (Å²) >= 11 is 3.56. The number of rotatable bonds is 8. The molecule has 0 amide bonds. The van der Waals surface area contributed by atoms with E-state index < -0.39 is 7.14 Å². The van der Waals surface area contributed by atoms with E-state index in [1.54, 1.807) is 39.0 Å². The minimum absolute atomic E-state index is 0.396. The number of anilines is 5. The number of fused-ring (bicyclic) bond motifs is 1. The number of hydrogen-bond donors (Lipinski definition) is 3. The number of ether oxygens (including phenoxy) is 1. The zero-order chi connectivity index (χ0) is 29.4. The van der Waals surface area contributed by atoms with Gasteiger partial charge < -0.3 is 30.2 Å². The van der Waals surface area contributed by atoms with Crippen LogP contribution in [0.3, 0.4) is 0 Å². The zero-order valence-electron chi connectivity index (χ0n) is 24.2. The molecule has 2 saturated heterocycles. The Bertz CT molecular complexity index is 1670. The van der Waals surface area contributed by atoms with Crippen LogP contribution >= 0.6 is 23.1 Å². The largest absolute Gasteiger partial charge is 0.494 e. The van der Waals surface area contributed by atoms with E-state index in [2.05, 4.69) is 75.7 Å². The molecule has 0 aliphatic carbocycles. The molecule has 4 aromatic rings. The maximum Gasteiger partial charge on any atom is 0.229 e. The number of methoxy groups -OCH3 is 1. The van der Waals surface area contributed by atoms with Gasteiger partial charge in [0, 0.05) is 75.7 Å². The van der Waals surface area contributed by atoms with Crippen molar-refractivity contribution in [2.75, 3.05) is 75.2 Å². The molecule has 2 aliphatic heterocycles. The molecule has 2 fully saturated rings. The van der Waals surface area contributed by atoms with Gasteiger partial charge in [-0.15, -0.1) is 0 Å². The number of aryl methyl sites for hydroxylation is 1. The summed E-state index contributed by atoms with van der Waals surface area (Å²) in [5.74, 6) is 1.64. The van der Waals surface area contributed by atoms with Gasteiger partial charge in [0.15, 0.2) is 0 Å². The van der Waals surface area contributed by atoms with Crippen LogP contribution in [-0.2, 0) is 4.57 Å². The third-order valence-corrected chi connectivity index (χ3v) is 9.96. The summed E-state index contributed by atoms with van der Waals surface area (Å²) in [4.78, 5) is 23.1. The fourth-order valence-corrected chi connectivity index (χ4v) is 7.26. The van der Waals surface area contributed by atoms with Gasteiger partial charge in [0.05, 0.1) is 33.8 Å². The molecule has 2 aromatic carbocycles. The molecule has 0 saturated carbocycles. The lowest BCUT2D eigenvalue weighted by molar-refractivity contribution is 0.138. The van der Waals surface area contributed by atoms with Crippen LogP contribution in [0.2, 0.25) is 0 Å². The average Bonchev–Trinajstić information content (AvgIpc) is 2.94. The van der Waals surface area contributed by atoms with Gasteiger partial charge in [-0.3, -0.25) is 14.9 Å². The Labute approximate surface area is 254 Å². The molecule has 0 bridgehead atoms. The van der Waals surface area contributed by atoms with Gasteiger partial charge in [-0.1, -0.05) is 0 Å². The third-order valence-electron chi connectivity index (χ3n) is 7.85. The molecule has 2 aromatic heterocycles. The fourth-order valence-electron chi connectivity index (χ4n) is 5.58. The van der Waals surface area contributed by atoms with Crippen molar-refractivity contribution in [3.63, 3.8) is 0 Å². The van der Waals surface area contributed by atoms with Gasteiger partial charge in [-0.05, 0) is 59.9 Å². The summed E-state index contributed by atoms with van der Waals surface area (Å²) in [5.41, 5.74) is 5.07. The normalized spacial score (nSPS) is 16.4. The molecule has 0 radical (unpaired) electrons. The standard InChI is InChI=1S/C29H35BrN9O2P/c1-18-13-23(25(41-2)14-24(18)39-11-9-38(10-12-39)19-15-31-16-19)36-29-34-17-20(30)28(37-29)35-22-6-5-21-26(33-8-7-32-21)27(22)42(3,4)40/h5-8,13-14,17,19,31H,9-12,15-16H2,1-4H3,(H2,34,35,36,37). The van der Waals surface area contributed by atoms with Gasteiger partial charge in [-0.25, -0.2) is 4.98 Å². The summed E-state index contributed by atoms with van der Waals surface area (Å²) in [7, 11) is -1.05. The predicted molar refractivity (Wildman–Crippen MR) is 173 cm³/mol. The second kappa shape index (κ2) is 11.8. The Morgan fingerprint density at radius 2 is 1.79 bits per heavy atom. The Balaban J connectivity index is 1.25. The fraction of sp³-hybridized carbons (Fsp3) is 0.379. The van der Waals surface area contributed by atoms with Crippen LogP contribution in [-0.4, -0.2) is 90.6 Å². The van der Waals surface area contributed by atoms with E-state index in [0.717, 1.165) is 56.3 Å². The molecule has 220 valence electrons. The van der Waals surface area contributed by atoms with Crippen molar-refractivity contribution in [3.05, 3.63) is 52.9 Å². The number of piperazine rings is 1. The number of benzene rings is 2. The summed E-state index contributed by atoms with van der Waals surface area (Å²) in [6.07, 6.45) is 4.92. The Morgan fingerprint density at radius 1 is 1.02 bits per heavy atom. The lowest BCUT2D eigenvalue weighted by Gasteiger charge is -2.44. The van der Waals surface area contributed by atoms with Crippen LogP contribution in [0.4, 0.5) is 28.8 Å². The summed E-state index contributed by atoms with van der Waals surface area (Å²) in [6.45, 7) is 11.9. The SMILES string of the molecule is COc1cc(N2CCN(C3CNC3)CC2)c(C)cc1Nc1ncc(Br)c(Nc2ccc3nccnc3c2P(C)(C)=O)n1. The highest BCUT2D eigenvalue weighted by molar-refractivity contribution is 9.10. The highest BCUT2D eigenvalue weighted by atomic mass is 79.9. The Kier molecular flexibility index (Phi) is 8.06. The van der Waals surface area contributed by atoms with Gasteiger partial charge >= 0.3 is 0 Å². The number of aromatic nitrogens is 4. The van der Waals surface area contributed by atoms with Crippen LogP contribution in [0, 0.1) is 6.92 Å². The van der Waals surface area contributed by atoms with Crippen molar-refractivity contribution < 1.29 is 9.30 Å². The average molecular weight is 653 g/mol. The van der Waals surface area contributed by atoms with Crippen molar-refractivity contribution in [1.29, 1.82) is 0 Å². The van der Waals surface area contributed by atoms with Crippen molar-refractivity contribution in [2.45, 2.75) is 13.0 Å². The van der Waals surface area contributed by atoms with E-state index in [1.165, 1.54) is 5.69 Å². The lowest BCUT2D eigenvalue weighted by atomic mass is 10.1. The van der Waals surface area contributed by atoms with Gasteiger partial charge in [-0.2, -0.15) is 4.98 Å². The zero-order valence-corrected chi connectivity index (χ0v) is 26.7. The quantitative estimate of drug-likeness (QED) is 0.236. The molecule has 4 heterocycles. The molecule has 0 atom stereocenters. The molecule has 13 heteroatoms. The molecule has 0 unspecified atom stereocenters. The van der Waals surface area contributed by atoms with Crippen LogP contribution in [0.25, 0.3) is 11.0 Å². The first-order valence-corrected chi connectivity index (χ1v) is 17.3. The monoisotopic (exact) mass is 651 g/mol. The number of halogens is 1. The van der Waals surface area contributed by atoms with Gasteiger partial charge in [0.25, 0.3) is 0 Å². The van der Waals surface area contributed by atoms with Gasteiger partial charge in [0.2, 0.25) is 5.95 Å². The first-order valence-electron chi connectivity index (χ1n) is 14.0. The number of nitrogens with one attached hydrogen (secondary N) is 3. The van der Waals surface area contributed by atoms with Crippen molar-refractivity contribution >= 4 is 68.2 Å². The molecule has 11 nitrogen and oxygen atoms in total. The van der Waals surface area contributed by atoms with E-state index in [0.29, 0.717) is 44.3 Å². The molecular formula is C29H35BrN9O2P. The topological polar surface area (TPSA) is 120 Å². The second-order valence-electron chi connectivity index (χ2n) is 11.1. The van der Waals surface area contributed by atoms with E-state index >= 15 is 0 Å². The van der Waals surface area contributed by atoms with E-state index in [4.69, 9.17) is 9.72 Å². The molecule has 2 aliphatic rings. The summed E-state index contributed by atoms with van der Waals surface area (Å²) < 4.78 is 19.8. The lowest BCUT2D eigenvalue weighted by Crippen LogP contribution is -2.61. The number of hydrogen-bond acceptors (Lipinski definition) is 11. The van der Waals surface area contributed by atoms with Gasteiger partial charge in [0.1, 0.15) is 24.2 Å². The molecule has 6 rings (SSSR count). The second-order valence-corrected chi connectivity index (χ2v) is 15.1. The van der Waals surface area contributed by atoms with Crippen molar-refractivity contribution in [1.82, 2.24) is 30.2 Å².